The molecule has 1 rings (SSSR count). The second kappa shape index (κ2) is 5.85. The molecule has 1 N–H and O–H groups in total. The summed E-state index contributed by atoms with van der Waals surface area (Å²) in [5.41, 5.74) is 0. The topological polar surface area (TPSA) is 32.3 Å². The zero-order valence-corrected chi connectivity index (χ0v) is 12.2. The van der Waals surface area contributed by atoms with Gasteiger partial charge in [0.1, 0.15) is 0 Å². The fourth-order valence-electron chi connectivity index (χ4n) is 2.50. The molecule has 1 fully saturated rings. The number of carbonyl (C=O) groups is 1. The first kappa shape index (κ1) is 14.5. The summed E-state index contributed by atoms with van der Waals surface area (Å²) in [7, 11) is 4.27. The van der Waals surface area contributed by atoms with Crippen LogP contribution in [-0.2, 0) is 4.79 Å². The maximum absolute atomic E-state index is 11.8. The summed E-state index contributed by atoms with van der Waals surface area (Å²) in [6, 6.07) is 1.05. The fourth-order valence-corrected chi connectivity index (χ4v) is 2.50. The maximum atomic E-state index is 11.8. The van der Waals surface area contributed by atoms with Gasteiger partial charge in [0.2, 0.25) is 5.91 Å². The lowest BCUT2D eigenvalue weighted by molar-refractivity contribution is -0.126. The lowest BCUT2D eigenvalue weighted by atomic mass is 9.72. The van der Waals surface area contributed by atoms with Crippen molar-refractivity contribution in [3.63, 3.8) is 0 Å². The Bertz CT molecular complexity index is 255. The van der Waals surface area contributed by atoms with E-state index in [0.717, 1.165) is 0 Å². The molecule has 0 aromatic carbocycles. The highest BCUT2D eigenvalue weighted by atomic mass is 16.1. The first-order valence-electron chi connectivity index (χ1n) is 6.79. The third-order valence-corrected chi connectivity index (χ3v) is 3.94. The van der Waals surface area contributed by atoms with Gasteiger partial charge in [-0.3, -0.25) is 4.79 Å². The molecule has 0 aromatic heterocycles. The molecule has 1 aliphatic rings. The summed E-state index contributed by atoms with van der Waals surface area (Å²) in [5, 5.41) is 3.22. The third-order valence-electron chi connectivity index (χ3n) is 3.94. The van der Waals surface area contributed by atoms with E-state index >= 15 is 0 Å². The summed E-state index contributed by atoms with van der Waals surface area (Å²) >= 11 is 0. The molecule has 0 spiro atoms. The normalized spacial score (nSPS) is 26.2. The molecule has 0 aliphatic heterocycles. The zero-order chi connectivity index (χ0) is 13.2. The molecule has 1 atom stereocenters. The van der Waals surface area contributed by atoms with Crippen molar-refractivity contribution >= 4 is 5.91 Å². The Morgan fingerprint density at radius 3 is 2.06 bits per heavy atom. The lowest BCUT2D eigenvalue weighted by Gasteiger charge is -2.45. The average Bonchev–Trinajstić information content (AvgIpc) is 2.12. The third kappa shape index (κ3) is 3.70. The van der Waals surface area contributed by atoms with Crippen LogP contribution in [0.25, 0.3) is 0 Å². The van der Waals surface area contributed by atoms with E-state index in [-0.39, 0.29) is 11.8 Å². The fraction of sp³-hybridized carbons (Fsp3) is 0.929. The van der Waals surface area contributed by atoms with E-state index < -0.39 is 0 Å². The molecule has 17 heavy (non-hydrogen) atoms. The second-order valence-corrected chi connectivity index (χ2v) is 6.28. The van der Waals surface area contributed by atoms with Gasteiger partial charge in [-0.25, -0.2) is 0 Å². The van der Waals surface area contributed by atoms with Gasteiger partial charge in [0, 0.05) is 18.0 Å². The van der Waals surface area contributed by atoms with Gasteiger partial charge >= 0.3 is 0 Å². The minimum atomic E-state index is 0.0842. The van der Waals surface area contributed by atoms with Gasteiger partial charge in [0.05, 0.1) is 0 Å². The lowest BCUT2D eigenvalue weighted by Crippen LogP contribution is -2.53. The number of hydrogen-bond donors (Lipinski definition) is 1. The van der Waals surface area contributed by atoms with Gasteiger partial charge in [-0.15, -0.1) is 0 Å². The van der Waals surface area contributed by atoms with Crippen molar-refractivity contribution in [2.75, 3.05) is 14.1 Å². The molecule has 1 aliphatic carbocycles. The minimum Gasteiger partial charge on any atom is -0.353 e. The van der Waals surface area contributed by atoms with Gasteiger partial charge in [-0.2, -0.15) is 0 Å². The van der Waals surface area contributed by atoms with Gasteiger partial charge in [-0.05, 0) is 38.8 Å². The number of carbonyl (C=O) groups excluding carboxylic acids is 1. The Labute approximate surface area is 106 Å². The molecule has 0 saturated heterocycles. The summed E-state index contributed by atoms with van der Waals surface area (Å²) in [6.45, 7) is 8.31. The molecule has 3 nitrogen and oxygen atoms in total. The van der Waals surface area contributed by atoms with E-state index in [1.807, 2.05) is 13.8 Å². The molecule has 1 saturated carbocycles. The van der Waals surface area contributed by atoms with E-state index in [1.165, 1.54) is 12.8 Å². The van der Waals surface area contributed by atoms with Crippen molar-refractivity contribution in [3.05, 3.63) is 0 Å². The summed E-state index contributed by atoms with van der Waals surface area (Å²) in [4.78, 5) is 14.1. The van der Waals surface area contributed by atoms with Gasteiger partial charge < -0.3 is 10.2 Å². The van der Waals surface area contributed by atoms with Crippen LogP contribution in [0.3, 0.4) is 0 Å². The van der Waals surface area contributed by atoms with Crippen molar-refractivity contribution in [2.24, 2.45) is 17.8 Å². The summed E-state index contributed by atoms with van der Waals surface area (Å²) in [6.07, 6.45) is 2.43. The Morgan fingerprint density at radius 1 is 1.18 bits per heavy atom. The quantitative estimate of drug-likeness (QED) is 0.798. The Balaban J connectivity index is 2.49. The number of rotatable bonds is 5. The molecule has 0 bridgehead atoms. The summed E-state index contributed by atoms with van der Waals surface area (Å²) in [5.74, 6) is 1.45. The van der Waals surface area contributed by atoms with Crippen LogP contribution in [0.5, 0.6) is 0 Å². The molecule has 0 radical (unpaired) electrons. The van der Waals surface area contributed by atoms with Crippen LogP contribution in [0.15, 0.2) is 0 Å². The van der Waals surface area contributed by atoms with E-state index in [9.17, 15) is 4.79 Å². The van der Waals surface area contributed by atoms with Gasteiger partial charge in [0.25, 0.3) is 0 Å². The number of amides is 1. The highest BCUT2D eigenvalue weighted by Crippen LogP contribution is 2.35. The predicted octanol–water partition coefficient (Wildman–Crippen LogP) is 2.12. The maximum Gasteiger partial charge on any atom is 0.222 e. The first-order chi connectivity index (χ1) is 7.82. The molecule has 1 amide bonds. The Morgan fingerprint density at radius 2 is 1.71 bits per heavy atom. The number of nitrogens with zero attached hydrogens (tertiary/aromatic N) is 1. The predicted molar refractivity (Wildman–Crippen MR) is 71.8 cm³/mol. The smallest absolute Gasteiger partial charge is 0.222 e. The van der Waals surface area contributed by atoms with Crippen LogP contribution >= 0.6 is 0 Å². The second-order valence-electron chi connectivity index (χ2n) is 6.28. The highest BCUT2D eigenvalue weighted by molar-refractivity contribution is 5.78. The SMILES string of the molecule is CC(C)C(=O)N[C@@H](C(C)C)[C@H]1C[C@H](N(C)C)C1. The van der Waals surface area contributed by atoms with Crippen molar-refractivity contribution in [3.8, 4) is 0 Å². The Kier molecular flexibility index (Phi) is 4.99. The monoisotopic (exact) mass is 240 g/mol. The van der Waals surface area contributed by atoms with E-state index in [4.69, 9.17) is 0 Å². The van der Waals surface area contributed by atoms with Crippen molar-refractivity contribution in [1.29, 1.82) is 0 Å². The Hall–Kier alpha value is -0.570. The van der Waals surface area contributed by atoms with E-state index in [1.54, 1.807) is 0 Å². The molecular formula is C14H28N2O. The van der Waals surface area contributed by atoms with Crippen LogP contribution in [-0.4, -0.2) is 37.0 Å². The van der Waals surface area contributed by atoms with Crippen molar-refractivity contribution < 1.29 is 4.79 Å². The molecule has 0 heterocycles. The largest absolute Gasteiger partial charge is 0.353 e. The summed E-state index contributed by atoms with van der Waals surface area (Å²) < 4.78 is 0. The molecule has 0 aromatic rings. The minimum absolute atomic E-state index is 0.0842. The van der Waals surface area contributed by atoms with Crippen LogP contribution in [0.2, 0.25) is 0 Å². The zero-order valence-electron chi connectivity index (χ0n) is 12.2. The highest BCUT2D eigenvalue weighted by Gasteiger charge is 2.38. The molecule has 0 unspecified atom stereocenters. The van der Waals surface area contributed by atoms with E-state index in [0.29, 0.717) is 23.9 Å². The molecule has 3 heteroatoms. The molecule has 100 valence electrons. The number of nitrogens with one attached hydrogen (secondary N) is 1. The average molecular weight is 240 g/mol. The van der Waals surface area contributed by atoms with Crippen LogP contribution in [0.1, 0.15) is 40.5 Å². The van der Waals surface area contributed by atoms with Crippen molar-refractivity contribution in [2.45, 2.75) is 52.6 Å². The van der Waals surface area contributed by atoms with Crippen LogP contribution < -0.4 is 5.32 Å². The number of hydrogen-bond acceptors (Lipinski definition) is 2. The molecular weight excluding hydrogens is 212 g/mol. The van der Waals surface area contributed by atoms with Crippen LogP contribution in [0.4, 0.5) is 0 Å². The van der Waals surface area contributed by atoms with Gasteiger partial charge in [0.15, 0.2) is 0 Å². The first-order valence-corrected chi connectivity index (χ1v) is 6.79. The van der Waals surface area contributed by atoms with Crippen molar-refractivity contribution in [1.82, 2.24) is 10.2 Å². The van der Waals surface area contributed by atoms with E-state index in [2.05, 4.69) is 38.2 Å². The standard InChI is InChI=1S/C14H28N2O/c1-9(2)13(15-14(17)10(3)4)11-7-12(8-11)16(5)6/h9-13H,7-8H2,1-6H3,(H,15,17)/t11-,12-,13-/m0/s1. The van der Waals surface area contributed by atoms with Gasteiger partial charge in [-0.1, -0.05) is 27.7 Å². The van der Waals surface area contributed by atoms with Crippen LogP contribution in [0, 0.1) is 17.8 Å².